The number of rotatable bonds is 2. The topological polar surface area (TPSA) is 20.2 Å². The Bertz CT molecular complexity index is 187. The van der Waals surface area contributed by atoms with Crippen molar-refractivity contribution in [2.45, 2.75) is 12.8 Å². The third-order valence-electron chi connectivity index (χ3n) is 1.56. The molecule has 1 N–H and O–H groups in total. The van der Waals surface area contributed by atoms with Crippen LogP contribution in [0.15, 0.2) is 36.0 Å². The number of allylic oxidation sites excluding steroid dienone is 4. The number of aliphatic hydroxyl groups is 1. The third-order valence-corrected chi connectivity index (χ3v) is 1.56. The van der Waals surface area contributed by atoms with Crippen molar-refractivity contribution in [3.63, 3.8) is 0 Å². The maximum absolute atomic E-state index is 8.46. The number of aliphatic hydroxyl groups excluding tert-OH is 1. The van der Waals surface area contributed by atoms with Crippen LogP contribution in [0, 0.1) is 0 Å². The highest BCUT2D eigenvalue weighted by atomic mass is 16.2. The van der Waals surface area contributed by atoms with Gasteiger partial charge < -0.3 is 5.11 Å². The molecule has 0 bridgehead atoms. The van der Waals surface area contributed by atoms with E-state index in [1.165, 1.54) is 11.1 Å². The zero-order valence-corrected chi connectivity index (χ0v) is 6.01. The smallest absolute Gasteiger partial charge is 0.0615 e. The lowest BCUT2D eigenvalue weighted by atomic mass is 10.2. The highest BCUT2D eigenvalue weighted by molar-refractivity contribution is 5.34. The van der Waals surface area contributed by atoms with Gasteiger partial charge in [-0.1, -0.05) is 30.4 Å². The molecule has 0 spiro atoms. The molecule has 0 radical (unpaired) electrons. The Morgan fingerprint density at radius 2 is 2.40 bits per heavy atom. The molecule has 0 aromatic carbocycles. The Hall–Kier alpha value is -0.820. The fourth-order valence-corrected chi connectivity index (χ4v) is 1.05. The molecule has 1 nitrogen and oxygen atoms in total. The number of hydrogen-bond donors (Lipinski definition) is 1. The summed E-state index contributed by atoms with van der Waals surface area (Å²) in [4.78, 5) is 0. The first-order valence-corrected chi connectivity index (χ1v) is 3.48. The standard InChI is InChI=1S/C9H12O/c1-8-4-5-9(7-8)3-2-6-10/h2-3,7,10H,1,4-6H2/b3-2+. The zero-order valence-electron chi connectivity index (χ0n) is 6.01. The summed E-state index contributed by atoms with van der Waals surface area (Å²) in [5.41, 5.74) is 2.47. The van der Waals surface area contributed by atoms with Gasteiger partial charge in [0, 0.05) is 0 Å². The van der Waals surface area contributed by atoms with Crippen molar-refractivity contribution >= 4 is 0 Å². The Kier molecular flexibility index (Phi) is 2.46. The molecule has 54 valence electrons. The minimum Gasteiger partial charge on any atom is -0.392 e. The van der Waals surface area contributed by atoms with Crippen LogP contribution in [0.5, 0.6) is 0 Å². The number of hydrogen-bond acceptors (Lipinski definition) is 1. The van der Waals surface area contributed by atoms with Crippen LogP contribution in [0.1, 0.15) is 12.8 Å². The Morgan fingerprint density at radius 1 is 1.60 bits per heavy atom. The van der Waals surface area contributed by atoms with E-state index in [1.54, 1.807) is 6.08 Å². The first kappa shape index (κ1) is 7.29. The lowest BCUT2D eigenvalue weighted by Crippen LogP contribution is -1.73. The molecule has 0 atom stereocenters. The van der Waals surface area contributed by atoms with Crippen LogP contribution in [-0.2, 0) is 0 Å². The van der Waals surface area contributed by atoms with E-state index in [2.05, 4.69) is 12.7 Å². The Morgan fingerprint density at radius 3 is 2.90 bits per heavy atom. The van der Waals surface area contributed by atoms with Crippen LogP contribution in [0.25, 0.3) is 0 Å². The fraction of sp³-hybridized carbons (Fsp3) is 0.333. The molecule has 0 saturated carbocycles. The molecule has 1 heteroatoms. The molecule has 0 fully saturated rings. The van der Waals surface area contributed by atoms with Crippen molar-refractivity contribution in [2.75, 3.05) is 6.61 Å². The summed E-state index contributed by atoms with van der Waals surface area (Å²) >= 11 is 0. The van der Waals surface area contributed by atoms with Crippen molar-refractivity contribution in [1.82, 2.24) is 0 Å². The van der Waals surface area contributed by atoms with E-state index < -0.39 is 0 Å². The minimum absolute atomic E-state index is 0.129. The predicted molar refractivity (Wildman–Crippen MR) is 42.7 cm³/mol. The molecule has 0 amide bonds. The molecule has 1 aliphatic rings. The van der Waals surface area contributed by atoms with Gasteiger partial charge in [0.05, 0.1) is 6.61 Å². The van der Waals surface area contributed by atoms with Crippen LogP contribution in [0.4, 0.5) is 0 Å². The van der Waals surface area contributed by atoms with Gasteiger partial charge in [-0.15, -0.1) is 0 Å². The monoisotopic (exact) mass is 136 g/mol. The van der Waals surface area contributed by atoms with Crippen molar-refractivity contribution in [1.29, 1.82) is 0 Å². The molecular formula is C9H12O. The first-order valence-electron chi connectivity index (χ1n) is 3.48. The zero-order chi connectivity index (χ0) is 7.40. The largest absolute Gasteiger partial charge is 0.392 e. The van der Waals surface area contributed by atoms with Gasteiger partial charge in [0.1, 0.15) is 0 Å². The van der Waals surface area contributed by atoms with Gasteiger partial charge in [-0.2, -0.15) is 0 Å². The lowest BCUT2D eigenvalue weighted by Gasteiger charge is -1.86. The first-order chi connectivity index (χ1) is 4.83. The van der Waals surface area contributed by atoms with Crippen molar-refractivity contribution in [2.24, 2.45) is 0 Å². The molecule has 0 heterocycles. The summed E-state index contributed by atoms with van der Waals surface area (Å²) in [6.45, 7) is 3.97. The second-order valence-electron chi connectivity index (χ2n) is 2.46. The van der Waals surface area contributed by atoms with Gasteiger partial charge in [0.15, 0.2) is 0 Å². The van der Waals surface area contributed by atoms with Gasteiger partial charge in [-0.05, 0) is 18.4 Å². The summed E-state index contributed by atoms with van der Waals surface area (Å²) in [6, 6.07) is 0. The fourth-order valence-electron chi connectivity index (χ4n) is 1.05. The summed E-state index contributed by atoms with van der Waals surface area (Å²) in [5, 5.41) is 8.46. The molecule has 10 heavy (non-hydrogen) atoms. The molecule has 1 rings (SSSR count). The molecule has 0 aromatic rings. The van der Waals surface area contributed by atoms with Gasteiger partial charge in [-0.25, -0.2) is 0 Å². The van der Waals surface area contributed by atoms with Crippen LogP contribution < -0.4 is 0 Å². The highest BCUT2D eigenvalue weighted by Crippen LogP contribution is 2.22. The normalized spacial score (nSPS) is 18.5. The maximum atomic E-state index is 8.46. The van der Waals surface area contributed by atoms with Crippen LogP contribution >= 0.6 is 0 Å². The molecule has 1 aliphatic carbocycles. The van der Waals surface area contributed by atoms with E-state index in [0.29, 0.717) is 0 Å². The molecule has 0 saturated heterocycles. The highest BCUT2D eigenvalue weighted by Gasteiger charge is 2.02. The van der Waals surface area contributed by atoms with Crippen molar-refractivity contribution < 1.29 is 5.11 Å². The van der Waals surface area contributed by atoms with Crippen LogP contribution in [-0.4, -0.2) is 11.7 Å². The quantitative estimate of drug-likeness (QED) is 0.613. The molecule has 0 aliphatic heterocycles. The van der Waals surface area contributed by atoms with Gasteiger partial charge in [0.25, 0.3) is 0 Å². The van der Waals surface area contributed by atoms with E-state index in [-0.39, 0.29) is 6.61 Å². The predicted octanol–water partition coefficient (Wildman–Crippen LogP) is 1.81. The summed E-state index contributed by atoms with van der Waals surface area (Å²) in [5.74, 6) is 0. The maximum Gasteiger partial charge on any atom is 0.0615 e. The van der Waals surface area contributed by atoms with E-state index >= 15 is 0 Å². The van der Waals surface area contributed by atoms with Crippen molar-refractivity contribution in [3.05, 3.63) is 36.0 Å². The second kappa shape index (κ2) is 3.37. The van der Waals surface area contributed by atoms with E-state index in [9.17, 15) is 0 Å². The SMILES string of the molecule is C=C1C=C(/C=C/CO)CC1. The third kappa shape index (κ3) is 1.85. The van der Waals surface area contributed by atoms with Gasteiger partial charge in [-0.3, -0.25) is 0 Å². The van der Waals surface area contributed by atoms with E-state index in [1.807, 2.05) is 6.08 Å². The lowest BCUT2D eigenvalue weighted by molar-refractivity contribution is 0.342. The van der Waals surface area contributed by atoms with Crippen LogP contribution in [0.2, 0.25) is 0 Å². The van der Waals surface area contributed by atoms with Crippen LogP contribution in [0.3, 0.4) is 0 Å². The van der Waals surface area contributed by atoms with E-state index in [4.69, 9.17) is 5.11 Å². The average molecular weight is 136 g/mol. The van der Waals surface area contributed by atoms with E-state index in [0.717, 1.165) is 12.8 Å². The molecular weight excluding hydrogens is 124 g/mol. The summed E-state index contributed by atoms with van der Waals surface area (Å²) in [6.07, 6.45) is 7.94. The van der Waals surface area contributed by atoms with Crippen molar-refractivity contribution in [3.8, 4) is 0 Å². The Balaban J connectivity index is 2.50. The summed E-state index contributed by atoms with van der Waals surface area (Å²) in [7, 11) is 0. The second-order valence-corrected chi connectivity index (χ2v) is 2.46. The minimum atomic E-state index is 0.129. The Labute approximate surface area is 61.4 Å². The summed E-state index contributed by atoms with van der Waals surface area (Å²) < 4.78 is 0. The average Bonchev–Trinajstić information content (AvgIpc) is 2.31. The molecule has 0 aromatic heterocycles. The van der Waals surface area contributed by atoms with Gasteiger partial charge in [0.2, 0.25) is 0 Å². The molecule has 0 unspecified atom stereocenters. The van der Waals surface area contributed by atoms with Gasteiger partial charge >= 0.3 is 0 Å².